The van der Waals surface area contributed by atoms with Gasteiger partial charge >= 0.3 is 12.0 Å². The smallest absolute Gasteiger partial charge is 0.333 e. The number of ether oxygens (including phenoxy) is 3. The van der Waals surface area contributed by atoms with Crippen molar-refractivity contribution in [3.63, 3.8) is 0 Å². The fraction of sp³-hybridized carbons (Fsp3) is 0.462. The van der Waals surface area contributed by atoms with E-state index in [0.29, 0.717) is 18.0 Å². The molecule has 0 aliphatic carbocycles. The molecule has 36 heavy (non-hydrogen) atoms. The van der Waals surface area contributed by atoms with Crippen molar-refractivity contribution in [2.75, 3.05) is 44.8 Å². The Morgan fingerprint density at radius 1 is 1.03 bits per heavy atom. The molecule has 2 aromatic rings. The average molecular weight is 509 g/mol. The first-order chi connectivity index (χ1) is 17.2. The van der Waals surface area contributed by atoms with Gasteiger partial charge in [-0.15, -0.1) is 0 Å². The number of nitrogens with zero attached hydrogens (tertiary/aromatic N) is 1. The predicted molar refractivity (Wildman–Crippen MR) is 132 cm³/mol. The Morgan fingerprint density at radius 2 is 1.69 bits per heavy atom. The van der Waals surface area contributed by atoms with Crippen LogP contribution in [-0.4, -0.2) is 73.6 Å². The standard InChI is InChI=1S/C26H34F2N2O6/c1-3-26(27,28)19-34-16-14-30(25(33)29-21-8-6-5-7-9-21)15-17-36-22-12-10-20(11-13-22)18-23(24(31)32)35-4-2/h5-13,23H,3-4,14-19H2,1-2H3,(H,29,33)(H,31,32). The molecule has 1 unspecified atom stereocenters. The number of carbonyl (C=O) groups excluding carboxylic acids is 1. The Balaban J connectivity index is 1.90. The number of aliphatic carboxylic acids is 1. The van der Waals surface area contributed by atoms with Crippen LogP contribution < -0.4 is 10.1 Å². The van der Waals surface area contributed by atoms with Crippen molar-refractivity contribution in [3.05, 3.63) is 60.2 Å². The quantitative estimate of drug-likeness (QED) is 0.319. The zero-order valence-corrected chi connectivity index (χ0v) is 20.6. The number of benzene rings is 2. The zero-order chi connectivity index (χ0) is 26.4. The molecule has 0 saturated heterocycles. The number of nitrogens with one attached hydrogen (secondary N) is 1. The van der Waals surface area contributed by atoms with E-state index >= 15 is 0 Å². The van der Waals surface area contributed by atoms with Crippen molar-refractivity contribution in [1.82, 2.24) is 4.90 Å². The highest BCUT2D eigenvalue weighted by Crippen LogP contribution is 2.18. The molecule has 2 aromatic carbocycles. The van der Waals surface area contributed by atoms with Gasteiger partial charge in [-0.05, 0) is 36.8 Å². The van der Waals surface area contributed by atoms with Crippen LogP contribution in [0.5, 0.6) is 5.75 Å². The molecule has 0 fully saturated rings. The second-order valence-corrected chi connectivity index (χ2v) is 8.02. The maximum atomic E-state index is 13.4. The number of carboxylic acid groups (broad SMARTS) is 1. The fourth-order valence-corrected chi connectivity index (χ4v) is 3.17. The lowest BCUT2D eigenvalue weighted by Gasteiger charge is -2.24. The lowest BCUT2D eigenvalue weighted by atomic mass is 10.1. The van der Waals surface area contributed by atoms with Crippen molar-refractivity contribution in [2.24, 2.45) is 0 Å². The molecule has 2 N–H and O–H groups in total. The van der Waals surface area contributed by atoms with Gasteiger partial charge < -0.3 is 29.5 Å². The Labute approximate surface area is 210 Å². The first-order valence-electron chi connectivity index (χ1n) is 11.9. The molecule has 2 amide bonds. The third-order valence-electron chi connectivity index (χ3n) is 5.27. The molecular weight excluding hydrogens is 474 g/mol. The summed E-state index contributed by atoms with van der Waals surface area (Å²) >= 11 is 0. The van der Waals surface area contributed by atoms with Gasteiger partial charge in [0.05, 0.1) is 13.2 Å². The van der Waals surface area contributed by atoms with Crippen LogP contribution in [0, 0.1) is 0 Å². The number of para-hydroxylation sites is 1. The van der Waals surface area contributed by atoms with Gasteiger partial charge in [-0.3, -0.25) is 0 Å². The van der Waals surface area contributed by atoms with Crippen molar-refractivity contribution < 1.29 is 37.7 Å². The highest BCUT2D eigenvalue weighted by atomic mass is 19.3. The summed E-state index contributed by atoms with van der Waals surface area (Å²) in [7, 11) is 0. The molecule has 1 atom stereocenters. The summed E-state index contributed by atoms with van der Waals surface area (Å²) in [5, 5.41) is 12.0. The minimum atomic E-state index is -2.90. The summed E-state index contributed by atoms with van der Waals surface area (Å²) < 4.78 is 42.9. The van der Waals surface area contributed by atoms with E-state index in [-0.39, 0.29) is 39.1 Å². The second-order valence-electron chi connectivity index (χ2n) is 8.02. The molecule has 8 nitrogen and oxygen atoms in total. The van der Waals surface area contributed by atoms with E-state index < -0.39 is 30.6 Å². The number of rotatable bonds is 16. The van der Waals surface area contributed by atoms with Crippen molar-refractivity contribution >= 4 is 17.7 Å². The van der Waals surface area contributed by atoms with Crippen LogP contribution >= 0.6 is 0 Å². The van der Waals surface area contributed by atoms with Crippen LogP contribution in [0.4, 0.5) is 19.3 Å². The fourth-order valence-electron chi connectivity index (χ4n) is 3.17. The lowest BCUT2D eigenvalue weighted by Crippen LogP contribution is -2.40. The molecule has 198 valence electrons. The Hall–Kier alpha value is -3.24. The Kier molecular flexibility index (Phi) is 12.1. The van der Waals surface area contributed by atoms with Gasteiger partial charge in [0.15, 0.2) is 6.10 Å². The molecule has 0 aliphatic rings. The number of halogens is 2. The molecule has 0 aliphatic heterocycles. The van der Waals surface area contributed by atoms with Gasteiger partial charge in [-0.2, -0.15) is 0 Å². The highest BCUT2D eigenvalue weighted by molar-refractivity contribution is 5.89. The van der Waals surface area contributed by atoms with Crippen LogP contribution in [-0.2, 0) is 20.7 Å². The third kappa shape index (κ3) is 10.6. The minimum absolute atomic E-state index is 0.0446. The van der Waals surface area contributed by atoms with Crippen LogP contribution in [0.25, 0.3) is 0 Å². The van der Waals surface area contributed by atoms with Gasteiger partial charge in [0, 0.05) is 31.7 Å². The number of carboxylic acids is 1. The summed E-state index contributed by atoms with van der Waals surface area (Å²) in [6.07, 6.45) is -1.01. The summed E-state index contributed by atoms with van der Waals surface area (Å²) in [5.41, 5.74) is 1.39. The SMILES string of the molecule is CCOC(Cc1ccc(OCCN(CCOCC(F)(F)CC)C(=O)Nc2ccccc2)cc1)C(=O)O. The van der Waals surface area contributed by atoms with Crippen LogP contribution in [0.15, 0.2) is 54.6 Å². The average Bonchev–Trinajstić information content (AvgIpc) is 2.86. The van der Waals surface area contributed by atoms with E-state index in [1.807, 2.05) is 6.07 Å². The first-order valence-corrected chi connectivity index (χ1v) is 11.9. The largest absolute Gasteiger partial charge is 0.492 e. The molecule has 0 bridgehead atoms. The summed E-state index contributed by atoms with van der Waals surface area (Å²) in [6.45, 7) is 3.14. The number of anilines is 1. The normalized spacial score (nSPS) is 12.1. The zero-order valence-electron chi connectivity index (χ0n) is 20.6. The molecular formula is C26H34F2N2O6. The molecule has 2 rings (SSSR count). The Bertz CT molecular complexity index is 928. The lowest BCUT2D eigenvalue weighted by molar-refractivity contribution is -0.149. The van der Waals surface area contributed by atoms with E-state index in [4.69, 9.17) is 14.2 Å². The second kappa shape index (κ2) is 15.0. The van der Waals surface area contributed by atoms with Crippen molar-refractivity contribution in [1.29, 1.82) is 0 Å². The number of urea groups is 1. The van der Waals surface area contributed by atoms with Crippen molar-refractivity contribution in [2.45, 2.75) is 38.7 Å². The van der Waals surface area contributed by atoms with Crippen LogP contribution in [0.3, 0.4) is 0 Å². The van der Waals surface area contributed by atoms with Crippen LogP contribution in [0.1, 0.15) is 25.8 Å². The topological polar surface area (TPSA) is 97.3 Å². The van der Waals surface area contributed by atoms with E-state index in [2.05, 4.69) is 5.32 Å². The number of hydrogen-bond donors (Lipinski definition) is 2. The van der Waals surface area contributed by atoms with Gasteiger partial charge in [0.25, 0.3) is 5.92 Å². The van der Waals surface area contributed by atoms with Crippen LogP contribution in [0.2, 0.25) is 0 Å². The number of hydrogen-bond acceptors (Lipinski definition) is 5. The monoisotopic (exact) mass is 508 g/mol. The van der Waals surface area contributed by atoms with E-state index in [0.717, 1.165) is 5.56 Å². The van der Waals surface area contributed by atoms with Crippen molar-refractivity contribution in [3.8, 4) is 5.75 Å². The number of alkyl halides is 2. The molecule has 0 spiro atoms. The molecule has 0 saturated carbocycles. The number of carbonyl (C=O) groups is 2. The first kappa shape index (κ1) is 29.0. The summed E-state index contributed by atoms with van der Waals surface area (Å²) in [4.78, 5) is 25.5. The highest BCUT2D eigenvalue weighted by Gasteiger charge is 2.26. The van der Waals surface area contributed by atoms with E-state index in [1.165, 1.54) is 11.8 Å². The summed E-state index contributed by atoms with van der Waals surface area (Å²) in [6, 6.07) is 15.4. The van der Waals surface area contributed by atoms with Gasteiger partial charge in [0.2, 0.25) is 0 Å². The molecule has 0 heterocycles. The third-order valence-corrected chi connectivity index (χ3v) is 5.27. The molecule has 10 heteroatoms. The Morgan fingerprint density at radius 3 is 2.31 bits per heavy atom. The van der Waals surface area contributed by atoms with E-state index in [9.17, 15) is 23.5 Å². The van der Waals surface area contributed by atoms with Gasteiger partial charge in [0.1, 0.15) is 19.0 Å². The molecule has 0 aromatic heterocycles. The van der Waals surface area contributed by atoms with E-state index in [1.54, 1.807) is 55.5 Å². The molecule has 0 radical (unpaired) electrons. The maximum absolute atomic E-state index is 13.4. The number of amides is 2. The van der Waals surface area contributed by atoms with Gasteiger partial charge in [-0.1, -0.05) is 37.3 Å². The van der Waals surface area contributed by atoms with Gasteiger partial charge in [-0.25, -0.2) is 18.4 Å². The predicted octanol–water partition coefficient (Wildman–Crippen LogP) is 4.69. The minimum Gasteiger partial charge on any atom is -0.492 e. The maximum Gasteiger partial charge on any atom is 0.333 e. The summed E-state index contributed by atoms with van der Waals surface area (Å²) in [5.74, 6) is -3.38.